The van der Waals surface area contributed by atoms with Crippen molar-refractivity contribution in [3.8, 4) is 5.88 Å². The monoisotopic (exact) mass is 322 g/mol. The Morgan fingerprint density at radius 3 is 2.78 bits per heavy atom. The van der Waals surface area contributed by atoms with Crippen LogP contribution >= 0.6 is 0 Å². The lowest BCUT2D eigenvalue weighted by atomic mass is 10.0. The zero-order valence-electron chi connectivity index (χ0n) is 14.6. The molecule has 0 aliphatic carbocycles. The average Bonchev–Trinajstić information content (AvgIpc) is 2.52. The molecule has 7 nitrogen and oxygen atoms in total. The first-order valence-electron chi connectivity index (χ1n) is 7.87. The molecule has 0 bridgehead atoms. The summed E-state index contributed by atoms with van der Waals surface area (Å²) in [6.45, 7) is 6.99. The maximum absolute atomic E-state index is 12.3. The van der Waals surface area contributed by atoms with Crippen LogP contribution in [0, 0.1) is 0 Å². The number of rotatable bonds is 3. The topological polar surface area (TPSA) is 67.8 Å². The second kappa shape index (κ2) is 7.02. The van der Waals surface area contributed by atoms with E-state index in [9.17, 15) is 4.79 Å². The van der Waals surface area contributed by atoms with E-state index in [0.29, 0.717) is 12.4 Å². The average molecular weight is 322 g/mol. The molecule has 1 saturated heterocycles. The van der Waals surface area contributed by atoms with E-state index in [4.69, 9.17) is 9.47 Å². The molecule has 23 heavy (non-hydrogen) atoms. The minimum atomic E-state index is -0.476. The normalized spacial score (nSPS) is 18.5. The summed E-state index contributed by atoms with van der Waals surface area (Å²) in [5.41, 5.74) is -0.476. The molecular formula is C16H26N4O3. The van der Waals surface area contributed by atoms with Crippen molar-refractivity contribution < 1.29 is 14.3 Å². The van der Waals surface area contributed by atoms with Crippen LogP contribution in [0.5, 0.6) is 5.88 Å². The van der Waals surface area contributed by atoms with E-state index in [1.54, 1.807) is 18.1 Å². The van der Waals surface area contributed by atoms with Gasteiger partial charge in [-0.3, -0.25) is 0 Å². The van der Waals surface area contributed by atoms with Gasteiger partial charge >= 0.3 is 6.09 Å². The highest BCUT2D eigenvalue weighted by atomic mass is 16.6. The van der Waals surface area contributed by atoms with Crippen molar-refractivity contribution in [2.75, 3.05) is 32.1 Å². The number of amides is 1. The summed E-state index contributed by atoms with van der Waals surface area (Å²) in [5, 5.41) is 0. The first kappa shape index (κ1) is 17.3. The number of aromatic nitrogens is 2. The molecule has 0 radical (unpaired) electrons. The van der Waals surface area contributed by atoms with Crippen molar-refractivity contribution in [3.63, 3.8) is 0 Å². The predicted molar refractivity (Wildman–Crippen MR) is 87.8 cm³/mol. The lowest BCUT2D eigenvalue weighted by Gasteiger charge is -2.38. The van der Waals surface area contributed by atoms with Gasteiger partial charge < -0.3 is 19.3 Å². The zero-order chi connectivity index (χ0) is 17.0. The molecule has 7 heteroatoms. The van der Waals surface area contributed by atoms with Gasteiger partial charge in [-0.15, -0.1) is 0 Å². The molecule has 1 fully saturated rings. The third-order valence-corrected chi connectivity index (χ3v) is 3.79. The third-order valence-electron chi connectivity index (χ3n) is 3.79. The molecule has 1 amide bonds. The Morgan fingerprint density at radius 2 is 2.13 bits per heavy atom. The highest BCUT2D eigenvalue weighted by molar-refractivity contribution is 5.68. The van der Waals surface area contributed by atoms with Crippen LogP contribution in [-0.2, 0) is 4.74 Å². The van der Waals surface area contributed by atoms with Crippen LogP contribution in [0.1, 0.15) is 33.6 Å². The predicted octanol–water partition coefficient (Wildman–Crippen LogP) is 2.32. The molecule has 1 atom stereocenters. The maximum atomic E-state index is 12.3. The fraction of sp³-hybridized carbons (Fsp3) is 0.688. The summed E-state index contributed by atoms with van der Waals surface area (Å²) in [4.78, 5) is 24.4. The summed E-state index contributed by atoms with van der Waals surface area (Å²) in [6.07, 6.45) is 3.17. The van der Waals surface area contributed by atoms with Gasteiger partial charge in [0, 0.05) is 32.2 Å². The van der Waals surface area contributed by atoms with Crippen LogP contribution in [0.3, 0.4) is 0 Å². The van der Waals surface area contributed by atoms with Gasteiger partial charge in [0.1, 0.15) is 17.7 Å². The molecular weight excluding hydrogens is 296 g/mol. The van der Waals surface area contributed by atoms with Crippen LogP contribution in [0.4, 0.5) is 10.6 Å². The number of nitrogens with zero attached hydrogens (tertiary/aromatic N) is 4. The molecule has 0 aromatic carbocycles. The van der Waals surface area contributed by atoms with Gasteiger partial charge in [-0.2, -0.15) is 0 Å². The van der Waals surface area contributed by atoms with Crippen LogP contribution in [0.25, 0.3) is 0 Å². The number of likely N-dealkylation sites (tertiary alicyclic amines) is 1. The zero-order valence-corrected chi connectivity index (χ0v) is 14.6. The van der Waals surface area contributed by atoms with Crippen LogP contribution in [-0.4, -0.2) is 59.9 Å². The Hall–Kier alpha value is -2.05. The molecule has 128 valence electrons. The Kier molecular flexibility index (Phi) is 5.28. The molecule has 1 aliphatic heterocycles. The van der Waals surface area contributed by atoms with Gasteiger partial charge in [0.05, 0.1) is 7.11 Å². The van der Waals surface area contributed by atoms with Crippen LogP contribution in [0.2, 0.25) is 0 Å². The van der Waals surface area contributed by atoms with Crippen LogP contribution in [0.15, 0.2) is 12.4 Å². The van der Waals surface area contributed by atoms with Crippen LogP contribution < -0.4 is 9.64 Å². The largest absolute Gasteiger partial charge is 0.481 e. The van der Waals surface area contributed by atoms with Crippen molar-refractivity contribution in [3.05, 3.63) is 12.4 Å². The lowest BCUT2D eigenvalue weighted by Crippen LogP contribution is -2.50. The van der Waals surface area contributed by atoms with Crippen molar-refractivity contribution in [2.45, 2.75) is 45.3 Å². The van der Waals surface area contributed by atoms with Crippen molar-refractivity contribution in [2.24, 2.45) is 0 Å². The second-order valence-corrected chi connectivity index (χ2v) is 6.75. The highest BCUT2D eigenvalue weighted by Crippen LogP contribution is 2.23. The SMILES string of the molecule is COc1cc(N(C)[C@H]2CCCN(C(=O)OC(C)(C)C)C2)ncn1. The van der Waals surface area contributed by atoms with Gasteiger partial charge in [0.15, 0.2) is 0 Å². The molecule has 1 aromatic rings. The van der Waals surface area contributed by atoms with Gasteiger partial charge in [-0.05, 0) is 33.6 Å². The maximum Gasteiger partial charge on any atom is 0.410 e. The number of carbonyl (C=O) groups is 1. The first-order chi connectivity index (χ1) is 10.8. The Balaban J connectivity index is 2.03. The van der Waals surface area contributed by atoms with Crippen molar-refractivity contribution >= 4 is 11.9 Å². The third kappa shape index (κ3) is 4.71. The molecule has 0 saturated carbocycles. The Bertz CT molecular complexity index is 544. The fourth-order valence-corrected chi connectivity index (χ4v) is 2.58. The summed E-state index contributed by atoms with van der Waals surface area (Å²) < 4.78 is 10.6. The molecule has 0 unspecified atom stereocenters. The molecule has 1 aliphatic rings. The summed E-state index contributed by atoms with van der Waals surface area (Å²) in [6, 6.07) is 1.99. The first-order valence-corrected chi connectivity index (χ1v) is 7.87. The van der Waals surface area contributed by atoms with Crippen molar-refractivity contribution in [1.82, 2.24) is 14.9 Å². The molecule has 0 spiro atoms. The number of piperidine rings is 1. The van der Waals surface area contributed by atoms with E-state index in [2.05, 4.69) is 14.9 Å². The van der Waals surface area contributed by atoms with E-state index >= 15 is 0 Å². The summed E-state index contributed by atoms with van der Waals surface area (Å²) in [7, 11) is 3.56. The van der Waals surface area contributed by atoms with E-state index in [1.807, 2.05) is 27.8 Å². The minimum Gasteiger partial charge on any atom is -0.481 e. The Morgan fingerprint density at radius 1 is 1.39 bits per heavy atom. The van der Waals surface area contributed by atoms with E-state index < -0.39 is 5.60 Å². The number of likely N-dealkylation sites (N-methyl/N-ethyl adjacent to an activating group) is 1. The van der Waals surface area contributed by atoms with E-state index in [-0.39, 0.29) is 12.1 Å². The minimum absolute atomic E-state index is 0.191. The number of carbonyl (C=O) groups excluding carboxylic acids is 1. The number of hydrogen-bond acceptors (Lipinski definition) is 6. The van der Waals surface area contributed by atoms with Gasteiger partial charge in [-0.1, -0.05) is 0 Å². The summed E-state index contributed by atoms with van der Waals surface area (Å²) in [5.74, 6) is 1.31. The molecule has 2 rings (SSSR count). The smallest absolute Gasteiger partial charge is 0.410 e. The Labute approximate surface area is 137 Å². The van der Waals surface area contributed by atoms with E-state index in [0.717, 1.165) is 25.2 Å². The highest BCUT2D eigenvalue weighted by Gasteiger charge is 2.30. The molecule has 2 heterocycles. The molecule has 1 aromatic heterocycles. The molecule has 0 N–H and O–H groups in total. The lowest BCUT2D eigenvalue weighted by molar-refractivity contribution is 0.0199. The van der Waals surface area contributed by atoms with Gasteiger partial charge in [-0.25, -0.2) is 14.8 Å². The number of ether oxygens (including phenoxy) is 2. The second-order valence-electron chi connectivity index (χ2n) is 6.75. The summed E-state index contributed by atoms with van der Waals surface area (Å²) >= 11 is 0. The standard InChI is InChI=1S/C16H26N4O3/c1-16(2,3)23-15(21)20-8-6-7-12(10-20)19(4)13-9-14(22-5)18-11-17-13/h9,11-12H,6-8,10H2,1-5H3/t12-/m0/s1. The fourth-order valence-electron chi connectivity index (χ4n) is 2.58. The van der Waals surface area contributed by atoms with Gasteiger partial charge in [0.2, 0.25) is 5.88 Å². The number of anilines is 1. The number of methoxy groups -OCH3 is 1. The van der Waals surface area contributed by atoms with Gasteiger partial charge in [0.25, 0.3) is 0 Å². The van der Waals surface area contributed by atoms with E-state index in [1.165, 1.54) is 6.33 Å². The quantitative estimate of drug-likeness (QED) is 0.851. The number of hydrogen-bond donors (Lipinski definition) is 0. The van der Waals surface area contributed by atoms with Crippen molar-refractivity contribution in [1.29, 1.82) is 0 Å².